The van der Waals surface area contributed by atoms with E-state index in [0.29, 0.717) is 0 Å². The Bertz CT molecular complexity index is 257. The first kappa shape index (κ1) is 14.6. The molecule has 17 heavy (non-hydrogen) atoms. The molecule has 0 aliphatic rings. The summed E-state index contributed by atoms with van der Waals surface area (Å²) in [5.74, 6) is 0. The van der Waals surface area contributed by atoms with Crippen LogP contribution in [0.15, 0.2) is 0 Å². The van der Waals surface area contributed by atoms with Crippen molar-refractivity contribution in [1.29, 1.82) is 0 Å². The lowest BCUT2D eigenvalue weighted by Gasteiger charge is -1.95. The van der Waals surface area contributed by atoms with Crippen molar-refractivity contribution in [3.8, 4) is 0 Å². The van der Waals surface area contributed by atoms with Crippen LogP contribution in [0, 0.1) is 0 Å². The topological polar surface area (TPSA) is 25.8 Å². The van der Waals surface area contributed by atoms with Gasteiger partial charge >= 0.3 is 0 Å². The van der Waals surface area contributed by atoms with Gasteiger partial charge in [0.2, 0.25) is 0 Å². The molecular formula is C14H26N2S. The van der Waals surface area contributed by atoms with Gasteiger partial charge in [0.15, 0.2) is 0 Å². The molecule has 0 radical (unpaired) electrons. The lowest BCUT2D eigenvalue weighted by molar-refractivity contribution is 0.657. The molecule has 0 amide bonds. The Morgan fingerprint density at radius 3 is 1.59 bits per heavy atom. The number of rotatable bonds is 10. The molecule has 0 atom stereocenters. The quantitative estimate of drug-likeness (QED) is 0.561. The maximum Gasteiger partial charge on any atom is 0.117 e. The van der Waals surface area contributed by atoms with Crippen molar-refractivity contribution in [2.75, 3.05) is 0 Å². The number of hydrogen-bond acceptors (Lipinski definition) is 3. The minimum atomic E-state index is 1.13. The summed E-state index contributed by atoms with van der Waals surface area (Å²) in [5.41, 5.74) is 0. The van der Waals surface area contributed by atoms with Crippen LogP contribution in [0.5, 0.6) is 0 Å². The number of aryl methyl sites for hydroxylation is 2. The summed E-state index contributed by atoms with van der Waals surface area (Å²) in [5, 5.41) is 11.0. The monoisotopic (exact) mass is 254 g/mol. The van der Waals surface area contributed by atoms with Gasteiger partial charge in [-0.05, 0) is 12.8 Å². The molecule has 0 fully saturated rings. The van der Waals surface area contributed by atoms with Crippen LogP contribution >= 0.6 is 11.3 Å². The first-order chi connectivity index (χ1) is 8.36. The van der Waals surface area contributed by atoms with Crippen molar-refractivity contribution in [3.05, 3.63) is 10.0 Å². The molecule has 0 bridgehead atoms. The number of nitrogens with zero attached hydrogens (tertiary/aromatic N) is 2. The largest absolute Gasteiger partial charge is 0.144 e. The summed E-state index contributed by atoms with van der Waals surface area (Å²) in [4.78, 5) is 0. The molecule has 1 rings (SSSR count). The van der Waals surface area contributed by atoms with Gasteiger partial charge in [-0.1, -0.05) is 52.4 Å². The molecule has 0 aromatic carbocycles. The number of hydrogen-bond donors (Lipinski definition) is 0. The van der Waals surface area contributed by atoms with Crippen LogP contribution in [0.1, 0.15) is 75.2 Å². The maximum absolute atomic E-state index is 4.28. The molecule has 1 aromatic heterocycles. The van der Waals surface area contributed by atoms with Crippen molar-refractivity contribution in [3.63, 3.8) is 0 Å². The van der Waals surface area contributed by atoms with Gasteiger partial charge in [-0.3, -0.25) is 0 Å². The molecule has 1 aromatic rings. The summed E-state index contributed by atoms with van der Waals surface area (Å²) in [6, 6.07) is 0. The van der Waals surface area contributed by atoms with E-state index in [1.807, 2.05) is 11.3 Å². The van der Waals surface area contributed by atoms with Crippen molar-refractivity contribution < 1.29 is 0 Å². The van der Waals surface area contributed by atoms with Gasteiger partial charge in [-0.25, -0.2) is 0 Å². The molecule has 1 heterocycles. The van der Waals surface area contributed by atoms with E-state index in [-0.39, 0.29) is 0 Å². The average molecular weight is 254 g/mol. The molecule has 0 N–H and O–H groups in total. The van der Waals surface area contributed by atoms with E-state index in [2.05, 4.69) is 24.0 Å². The zero-order chi connectivity index (χ0) is 12.3. The highest BCUT2D eigenvalue weighted by Crippen LogP contribution is 2.16. The van der Waals surface area contributed by atoms with Crippen LogP contribution in [0.25, 0.3) is 0 Å². The maximum atomic E-state index is 4.28. The lowest BCUT2D eigenvalue weighted by Crippen LogP contribution is -1.85. The lowest BCUT2D eigenvalue weighted by atomic mass is 10.2. The Kier molecular flexibility index (Phi) is 8.24. The van der Waals surface area contributed by atoms with E-state index in [9.17, 15) is 0 Å². The van der Waals surface area contributed by atoms with Crippen molar-refractivity contribution in [2.45, 2.75) is 78.1 Å². The van der Waals surface area contributed by atoms with Gasteiger partial charge in [0.25, 0.3) is 0 Å². The van der Waals surface area contributed by atoms with Crippen LogP contribution < -0.4 is 0 Å². The molecular weight excluding hydrogens is 228 g/mol. The summed E-state index contributed by atoms with van der Waals surface area (Å²) in [6.07, 6.45) is 12.8. The SMILES string of the molecule is CCCCCCc1nnc(CCCCCC)s1. The normalized spacial score (nSPS) is 10.9. The van der Waals surface area contributed by atoms with E-state index in [1.54, 1.807) is 0 Å². The van der Waals surface area contributed by atoms with E-state index in [0.717, 1.165) is 12.8 Å². The summed E-state index contributed by atoms with van der Waals surface area (Å²) in [7, 11) is 0. The van der Waals surface area contributed by atoms with Crippen molar-refractivity contribution in [2.24, 2.45) is 0 Å². The molecule has 0 aliphatic heterocycles. The van der Waals surface area contributed by atoms with Gasteiger partial charge in [0, 0.05) is 12.8 Å². The second-order valence-electron chi connectivity index (χ2n) is 4.71. The molecule has 2 nitrogen and oxygen atoms in total. The fraction of sp³-hybridized carbons (Fsp3) is 0.857. The molecule has 0 spiro atoms. The predicted molar refractivity (Wildman–Crippen MR) is 75.6 cm³/mol. The fourth-order valence-electron chi connectivity index (χ4n) is 1.90. The third-order valence-corrected chi connectivity index (χ3v) is 4.04. The minimum absolute atomic E-state index is 1.13. The highest BCUT2D eigenvalue weighted by atomic mass is 32.1. The fourth-order valence-corrected chi connectivity index (χ4v) is 2.82. The first-order valence-corrected chi connectivity index (χ1v) is 7.99. The zero-order valence-electron chi connectivity index (χ0n) is 11.4. The van der Waals surface area contributed by atoms with Crippen molar-refractivity contribution >= 4 is 11.3 Å². The minimum Gasteiger partial charge on any atom is -0.144 e. The first-order valence-electron chi connectivity index (χ1n) is 7.18. The van der Waals surface area contributed by atoms with E-state index in [1.165, 1.54) is 61.4 Å². The third kappa shape index (κ3) is 6.77. The molecule has 3 heteroatoms. The second kappa shape index (κ2) is 9.58. The van der Waals surface area contributed by atoms with Gasteiger partial charge in [0.05, 0.1) is 0 Å². The van der Waals surface area contributed by atoms with Crippen LogP contribution in [0.4, 0.5) is 0 Å². The Hall–Kier alpha value is -0.440. The van der Waals surface area contributed by atoms with E-state index in [4.69, 9.17) is 0 Å². The molecule has 0 aliphatic carbocycles. The number of unbranched alkanes of at least 4 members (excludes halogenated alkanes) is 6. The Morgan fingerprint density at radius 1 is 0.706 bits per heavy atom. The van der Waals surface area contributed by atoms with Crippen LogP contribution in [-0.2, 0) is 12.8 Å². The molecule has 98 valence electrons. The standard InChI is InChI=1S/C14H26N2S/c1-3-5-7-9-11-13-15-16-14(17-13)12-10-8-6-4-2/h3-12H2,1-2H3. The summed E-state index contributed by atoms with van der Waals surface area (Å²) in [6.45, 7) is 4.50. The molecule has 0 saturated carbocycles. The predicted octanol–water partition coefficient (Wildman–Crippen LogP) is 4.78. The zero-order valence-corrected chi connectivity index (χ0v) is 12.2. The molecule has 0 saturated heterocycles. The van der Waals surface area contributed by atoms with E-state index >= 15 is 0 Å². The van der Waals surface area contributed by atoms with Crippen molar-refractivity contribution in [1.82, 2.24) is 10.2 Å². The van der Waals surface area contributed by atoms with Gasteiger partial charge in [-0.15, -0.1) is 21.5 Å². The Labute approximate surface area is 110 Å². The smallest absolute Gasteiger partial charge is 0.117 e. The van der Waals surface area contributed by atoms with Crippen LogP contribution in [0.3, 0.4) is 0 Å². The van der Waals surface area contributed by atoms with Crippen LogP contribution in [0.2, 0.25) is 0 Å². The average Bonchev–Trinajstić information content (AvgIpc) is 2.78. The van der Waals surface area contributed by atoms with E-state index < -0.39 is 0 Å². The highest BCUT2D eigenvalue weighted by Gasteiger charge is 2.03. The Morgan fingerprint density at radius 2 is 1.18 bits per heavy atom. The summed E-state index contributed by atoms with van der Waals surface area (Å²) < 4.78 is 0. The third-order valence-electron chi connectivity index (χ3n) is 3.00. The van der Waals surface area contributed by atoms with Gasteiger partial charge in [-0.2, -0.15) is 0 Å². The highest BCUT2D eigenvalue weighted by molar-refractivity contribution is 7.11. The van der Waals surface area contributed by atoms with Gasteiger partial charge < -0.3 is 0 Å². The summed E-state index contributed by atoms with van der Waals surface area (Å²) >= 11 is 1.83. The van der Waals surface area contributed by atoms with Crippen LogP contribution in [-0.4, -0.2) is 10.2 Å². The number of aromatic nitrogens is 2. The van der Waals surface area contributed by atoms with Gasteiger partial charge in [0.1, 0.15) is 10.0 Å². The second-order valence-corrected chi connectivity index (χ2v) is 5.86. The Balaban J connectivity index is 2.14. The molecule has 0 unspecified atom stereocenters.